The quantitative estimate of drug-likeness (QED) is 0.779. The van der Waals surface area contributed by atoms with E-state index in [-0.39, 0.29) is 0 Å². The number of nitrogens with one attached hydrogen (secondary N) is 1. The number of hydrogen-bond acceptors (Lipinski definition) is 6. The number of nitrogens with zero attached hydrogens (tertiary/aromatic N) is 6. The summed E-state index contributed by atoms with van der Waals surface area (Å²) >= 11 is 0. The summed E-state index contributed by atoms with van der Waals surface area (Å²) in [4.78, 5) is 8.28. The summed E-state index contributed by atoms with van der Waals surface area (Å²) in [5, 5.41) is 19.5. The molecule has 2 aromatic rings. The second kappa shape index (κ2) is 5.72. The molecule has 0 radical (unpaired) electrons. The zero-order chi connectivity index (χ0) is 12.8. The predicted octanol–water partition coefficient (Wildman–Crippen LogP) is 0.750. The minimum atomic E-state index is 0.376. The van der Waals surface area contributed by atoms with Crippen molar-refractivity contribution in [2.24, 2.45) is 0 Å². The van der Waals surface area contributed by atoms with E-state index in [0.717, 1.165) is 18.7 Å². The third kappa shape index (κ3) is 3.25. The van der Waals surface area contributed by atoms with Gasteiger partial charge in [0, 0.05) is 25.0 Å². The van der Waals surface area contributed by atoms with E-state index in [0.29, 0.717) is 18.2 Å². The van der Waals surface area contributed by atoms with Gasteiger partial charge >= 0.3 is 0 Å². The maximum atomic E-state index is 8.80. The lowest BCUT2D eigenvalue weighted by Gasteiger charge is -2.05. The Labute approximate surface area is 104 Å². The summed E-state index contributed by atoms with van der Waals surface area (Å²) < 4.78 is 1.76. The highest BCUT2D eigenvalue weighted by molar-refractivity contribution is 5.32. The molecule has 2 aromatic heterocycles. The van der Waals surface area contributed by atoms with Crippen LogP contribution in [0.5, 0.6) is 0 Å². The van der Waals surface area contributed by atoms with Crippen LogP contribution in [-0.2, 0) is 6.54 Å². The van der Waals surface area contributed by atoms with Crippen LogP contribution in [0.4, 0.5) is 5.95 Å². The molecule has 92 valence electrons. The zero-order valence-electron chi connectivity index (χ0n) is 10.0. The van der Waals surface area contributed by atoms with E-state index in [2.05, 4.69) is 25.6 Å². The van der Waals surface area contributed by atoms with Gasteiger partial charge in [-0.2, -0.15) is 5.26 Å². The summed E-state index contributed by atoms with van der Waals surface area (Å²) in [6, 6.07) is 3.66. The van der Waals surface area contributed by atoms with Crippen molar-refractivity contribution in [2.45, 2.75) is 19.9 Å². The van der Waals surface area contributed by atoms with Crippen molar-refractivity contribution >= 4 is 5.95 Å². The van der Waals surface area contributed by atoms with Crippen LogP contribution in [0.25, 0.3) is 0 Å². The Morgan fingerprint density at radius 3 is 3.06 bits per heavy atom. The van der Waals surface area contributed by atoms with Crippen molar-refractivity contribution in [2.75, 3.05) is 11.9 Å². The van der Waals surface area contributed by atoms with Gasteiger partial charge in [-0.1, -0.05) is 5.21 Å². The average Bonchev–Trinajstić information content (AvgIpc) is 2.87. The molecular weight excluding hydrogens is 230 g/mol. The first-order valence-corrected chi connectivity index (χ1v) is 5.61. The maximum Gasteiger partial charge on any atom is 0.224 e. The summed E-state index contributed by atoms with van der Waals surface area (Å²) in [6.45, 7) is 3.33. The summed E-state index contributed by atoms with van der Waals surface area (Å²) in [6.07, 6.45) is 4.34. The van der Waals surface area contributed by atoms with Crippen LogP contribution in [0.1, 0.15) is 17.8 Å². The highest BCUT2D eigenvalue weighted by Gasteiger charge is 2.00. The molecule has 2 heterocycles. The number of aromatic nitrogens is 5. The standard InChI is InChI=1S/C11H13N7/c1-9-7-10(8-12)16-11(15-9)13-3-2-5-18-6-4-14-17-18/h4,6-7H,2-3,5H2,1H3,(H,13,15,16). The van der Waals surface area contributed by atoms with E-state index < -0.39 is 0 Å². The van der Waals surface area contributed by atoms with Gasteiger partial charge in [-0.15, -0.1) is 5.10 Å². The number of nitriles is 1. The molecule has 0 fully saturated rings. The van der Waals surface area contributed by atoms with Crippen LogP contribution in [0.3, 0.4) is 0 Å². The molecule has 2 rings (SSSR count). The zero-order valence-corrected chi connectivity index (χ0v) is 10.0. The molecule has 0 amide bonds. The molecule has 0 aliphatic carbocycles. The molecule has 0 unspecified atom stereocenters. The summed E-state index contributed by atoms with van der Waals surface area (Å²) in [7, 11) is 0. The second-order valence-corrected chi connectivity index (χ2v) is 3.78. The summed E-state index contributed by atoms with van der Waals surface area (Å²) in [5.41, 5.74) is 1.15. The first kappa shape index (κ1) is 12.0. The van der Waals surface area contributed by atoms with Gasteiger partial charge in [-0.25, -0.2) is 9.97 Å². The highest BCUT2D eigenvalue weighted by atomic mass is 15.4. The van der Waals surface area contributed by atoms with Gasteiger partial charge in [-0.3, -0.25) is 4.68 Å². The predicted molar refractivity (Wildman–Crippen MR) is 64.6 cm³/mol. The van der Waals surface area contributed by atoms with E-state index in [4.69, 9.17) is 5.26 Å². The third-order valence-electron chi connectivity index (χ3n) is 2.29. The number of hydrogen-bond donors (Lipinski definition) is 1. The molecule has 18 heavy (non-hydrogen) atoms. The molecule has 0 bridgehead atoms. The summed E-state index contributed by atoms with van der Waals surface area (Å²) in [5.74, 6) is 0.491. The highest BCUT2D eigenvalue weighted by Crippen LogP contribution is 2.03. The van der Waals surface area contributed by atoms with Crippen molar-refractivity contribution in [3.8, 4) is 6.07 Å². The van der Waals surface area contributed by atoms with E-state index in [9.17, 15) is 0 Å². The molecule has 0 saturated carbocycles. The van der Waals surface area contributed by atoms with Crippen LogP contribution in [0.2, 0.25) is 0 Å². The van der Waals surface area contributed by atoms with Crippen LogP contribution < -0.4 is 5.32 Å². The Morgan fingerprint density at radius 1 is 1.44 bits per heavy atom. The van der Waals surface area contributed by atoms with E-state index in [1.807, 2.05) is 19.2 Å². The second-order valence-electron chi connectivity index (χ2n) is 3.78. The minimum absolute atomic E-state index is 0.376. The fraction of sp³-hybridized carbons (Fsp3) is 0.364. The van der Waals surface area contributed by atoms with Crippen LogP contribution >= 0.6 is 0 Å². The van der Waals surface area contributed by atoms with Crippen molar-refractivity contribution in [1.29, 1.82) is 5.26 Å². The van der Waals surface area contributed by atoms with Crippen LogP contribution in [0, 0.1) is 18.3 Å². The van der Waals surface area contributed by atoms with Crippen molar-refractivity contribution in [1.82, 2.24) is 25.0 Å². The van der Waals surface area contributed by atoms with Gasteiger partial charge in [0.05, 0.1) is 6.20 Å². The van der Waals surface area contributed by atoms with Crippen LogP contribution in [-0.4, -0.2) is 31.5 Å². The van der Waals surface area contributed by atoms with Crippen molar-refractivity contribution in [3.63, 3.8) is 0 Å². The third-order valence-corrected chi connectivity index (χ3v) is 2.29. The van der Waals surface area contributed by atoms with Gasteiger partial charge in [0.2, 0.25) is 5.95 Å². The number of aryl methyl sites for hydroxylation is 2. The smallest absolute Gasteiger partial charge is 0.224 e. The molecule has 0 spiro atoms. The minimum Gasteiger partial charge on any atom is -0.354 e. The van der Waals surface area contributed by atoms with E-state index >= 15 is 0 Å². The molecule has 0 aromatic carbocycles. The van der Waals surface area contributed by atoms with Crippen LogP contribution in [0.15, 0.2) is 18.5 Å². The Balaban J connectivity index is 1.83. The largest absolute Gasteiger partial charge is 0.354 e. The van der Waals surface area contributed by atoms with E-state index in [1.165, 1.54) is 0 Å². The molecule has 0 saturated heterocycles. The lowest BCUT2D eigenvalue weighted by Crippen LogP contribution is -2.10. The van der Waals surface area contributed by atoms with Crippen molar-refractivity contribution < 1.29 is 0 Å². The molecule has 7 nitrogen and oxygen atoms in total. The van der Waals surface area contributed by atoms with Gasteiger partial charge < -0.3 is 5.32 Å². The lowest BCUT2D eigenvalue weighted by molar-refractivity contribution is 0.569. The molecular formula is C11H13N7. The number of anilines is 1. The lowest BCUT2D eigenvalue weighted by atomic mass is 10.3. The normalized spacial score (nSPS) is 10.0. The molecule has 1 N–H and O–H groups in total. The van der Waals surface area contributed by atoms with Crippen molar-refractivity contribution in [3.05, 3.63) is 29.8 Å². The van der Waals surface area contributed by atoms with Gasteiger partial charge in [0.25, 0.3) is 0 Å². The van der Waals surface area contributed by atoms with Gasteiger partial charge in [0.1, 0.15) is 11.8 Å². The van der Waals surface area contributed by atoms with Gasteiger partial charge in [-0.05, 0) is 19.4 Å². The SMILES string of the molecule is Cc1cc(C#N)nc(NCCCn2ccnn2)n1. The van der Waals surface area contributed by atoms with E-state index in [1.54, 1.807) is 16.9 Å². The fourth-order valence-corrected chi connectivity index (χ4v) is 1.50. The Morgan fingerprint density at radius 2 is 2.33 bits per heavy atom. The topological polar surface area (TPSA) is 92.3 Å². The molecule has 0 aliphatic heterocycles. The Hall–Kier alpha value is -2.49. The fourth-order valence-electron chi connectivity index (χ4n) is 1.50. The Bertz CT molecular complexity index is 541. The molecule has 0 atom stereocenters. The van der Waals surface area contributed by atoms with Gasteiger partial charge in [0.15, 0.2) is 0 Å². The molecule has 0 aliphatic rings. The number of rotatable bonds is 5. The average molecular weight is 243 g/mol. The molecule has 7 heteroatoms. The first-order valence-electron chi connectivity index (χ1n) is 5.61. The first-order chi connectivity index (χ1) is 8.78. The monoisotopic (exact) mass is 243 g/mol. The maximum absolute atomic E-state index is 8.80. The Kier molecular flexibility index (Phi) is 3.81.